The van der Waals surface area contributed by atoms with Crippen LogP contribution in [-0.4, -0.2) is 5.16 Å². The number of aromatic nitrogens is 1. The Morgan fingerprint density at radius 3 is 2.53 bits per heavy atom. The summed E-state index contributed by atoms with van der Waals surface area (Å²) in [5.41, 5.74) is 6.58. The van der Waals surface area contributed by atoms with Crippen LogP contribution in [0.4, 0.5) is 13.2 Å². The molecule has 2 rings (SSSR count). The molecule has 0 aliphatic rings. The average Bonchev–Trinajstić information content (AvgIpc) is 2.75. The highest BCUT2D eigenvalue weighted by molar-refractivity contribution is 5.66. The van der Waals surface area contributed by atoms with Crippen LogP contribution in [0, 0.1) is 13.8 Å². The predicted molar refractivity (Wildman–Crippen MR) is 64.3 cm³/mol. The first-order valence-corrected chi connectivity index (χ1v) is 5.68. The zero-order valence-corrected chi connectivity index (χ0v) is 10.5. The predicted octanol–water partition coefficient (Wildman–Crippen LogP) is 3.44. The van der Waals surface area contributed by atoms with Gasteiger partial charge in [0.1, 0.15) is 0 Å². The summed E-state index contributed by atoms with van der Waals surface area (Å²) in [5.74, 6) is 0.0935. The van der Waals surface area contributed by atoms with E-state index in [0.29, 0.717) is 5.56 Å². The average molecular weight is 270 g/mol. The Hall–Kier alpha value is -1.82. The number of nitrogens with two attached hydrogens (primary N) is 1. The van der Waals surface area contributed by atoms with E-state index >= 15 is 0 Å². The van der Waals surface area contributed by atoms with Crippen molar-refractivity contribution < 1.29 is 17.7 Å². The van der Waals surface area contributed by atoms with E-state index in [9.17, 15) is 13.2 Å². The fourth-order valence-electron chi connectivity index (χ4n) is 1.91. The zero-order chi connectivity index (χ0) is 14.2. The quantitative estimate of drug-likeness (QED) is 0.909. The van der Waals surface area contributed by atoms with Gasteiger partial charge in [-0.15, -0.1) is 0 Å². The van der Waals surface area contributed by atoms with Crippen molar-refractivity contribution in [3.05, 3.63) is 40.6 Å². The molecule has 0 saturated carbocycles. The highest BCUT2D eigenvalue weighted by Crippen LogP contribution is 2.37. The van der Waals surface area contributed by atoms with Crippen LogP contribution in [0.1, 0.15) is 22.4 Å². The molecule has 0 unspecified atom stereocenters. The van der Waals surface area contributed by atoms with Gasteiger partial charge in [0.15, 0.2) is 11.5 Å². The molecule has 6 heteroatoms. The van der Waals surface area contributed by atoms with E-state index in [1.807, 2.05) is 19.1 Å². The van der Waals surface area contributed by atoms with Gasteiger partial charge in [-0.1, -0.05) is 22.9 Å². The Morgan fingerprint density at radius 2 is 1.95 bits per heavy atom. The largest absolute Gasteiger partial charge is 0.437 e. The minimum absolute atomic E-state index is 0.0935. The van der Waals surface area contributed by atoms with E-state index in [0.717, 1.165) is 11.1 Å². The normalized spacial score (nSPS) is 11.9. The van der Waals surface area contributed by atoms with E-state index in [1.54, 1.807) is 13.0 Å². The van der Waals surface area contributed by atoms with Gasteiger partial charge in [0, 0.05) is 17.7 Å². The van der Waals surface area contributed by atoms with Crippen molar-refractivity contribution in [3.8, 4) is 11.3 Å². The summed E-state index contributed by atoms with van der Waals surface area (Å²) >= 11 is 0. The maximum absolute atomic E-state index is 12.8. The molecule has 1 aromatic carbocycles. The van der Waals surface area contributed by atoms with Gasteiger partial charge in [-0.3, -0.25) is 0 Å². The van der Waals surface area contributed by atoms with Crippen LogP contribution in [0.3, 0.4) is 0 Å². The minimum atomic E-state index is -4.56. The summed E-state index contributed by atoms with van der Waals surface area (Å²) in [4.78, 5) is 0. The lowest BCUT2D eigenvalue weighted by atomic mass is 10.00. The van der Waals surface area contributed by atoms with Crippen LogP contribution in [0.5, 0.6) is 0 Å². The molecule has 1 aromatic heterocycles. The Morgan fingerprint density at radius 1 is 1.26 bits per heavy atom. The topological polar surface area (TPSA) is 52.0 Å². The van der Waals surface area contributed by atoms with Crippen molar-refractivity contribution in [2.75, 3.05) is 0 Å². The van der Waals surface area contributed by atoms with Crippen molar-refractivity contribution in [1.29, 1.82) is 0 Å². The molecule has 0 aliphatic heterocycles. The number of hydrogen-bond donors (Lipinski definition) is 1. The van der Waals surface area contributed by atoms with Gasteiger partial charge in [-0.05, 0) is 25.5 Å². The second-order valence-corrected chi connectivity index (χ2v) is 4.36. The summed E-state index contributed by atoms with van der Waals surface area (Å²) in [6.07, 6.45) is -4.56. The number of aryl methyl sites for hydroxylation is 2. The number of hydrogen-bond acceptors (Lipinski definition) is 3. The molecule has 0 aliphatic carbocycles. The van der Waals surface area contributed by atoms with Crippen molar-refractivity contribution in [2.45, 2.75) is 26.6 Å². The maximum atomic E-state index is 12.8. The Kier molecular flexibility index (Phi) is 3.36. The van der Waals surface area contributed by atoms with Gasteiger partial charge in [-0.25, -0.2) is 0 Å². The monoisotopic (exact) mass is 270 g/mol. The SMILES string of the molecule is Cc1ccc(C)c(-c2onc(C(F)(F)F)c2CN)c1. The molecule has 102 valence electrons. The van der Waals surface area contributed by atoms with Gasteiger partial charge in [-0.2, -0.15) is 13.2 Å². The minimum Gasteiger partial charge on any atom is -0.355 e. The number of rotatable bonds is 2. The molecule has 0 spiro atoms. The molecule has 19 heavy (non-hydrogen) atoms. The summed E-state index contributed by atoms with van der Waals surface area (Å²) in [6.45, 7) is 3.37. The summed E-state index contributed by atoms with van der Waals surface area (Å²) in [7, 11) is 0. The van der Waals surface area contributed by atoms with Gasteiger partial charge < -0.3 is 10.3 Å². The van der Waals surface area contributed by atoms with Crippen molar-refractivity contribution in [1.82, 2.24) is 5.16 Å². The lowest BCUT2D eigenvalue weighted by Gasteiger charge is -2.07. The van der Waals surface area contributed by atoms with Crippen molar-refractivity contribution >= 4 is 0 Å². The standard InChI is InChI=1S/C13H13F3N2O/c1-7-3-4-8(2)9(5-7)11-10(6-17)12(18-19-11)13(14,15)16/h3-5H,6,17H2,1-2H3. The van der Waals surface area contributed by atoms with Gasteiger partial charge in [0.2, 0.25) is 0 Å². The molecule has 0 saturated heterocycles. The highest BCUT2D eigenvalue weighted by atomic mass is 19.4. The number of nitrogens with zero attached hydrogens (tertiary/aromatic N) is 1. The molecule has 0 atom stereocenters. The van der Waals surface area contributed by atoms with Gasteiger partial charge >= 0.3 is 6.18 Å². The highest BCUT2D eigenvalue weighted by Gasteiger charge is 2.39. The summed E-state index contributed by atoms with van der Waals surface area (Å²) < 4.78 is 43.2. The fraction of sp³-hybridized carbons (Fsp3) is 0.308. The first-order valence-electron chi connectivity index (χ1n) is 5.68. The first-order chi connectivity index (χ1) is 8.84. The number of halogens is 3. The molecule has 3 nitrogen and oxygen atoms in total. The maximum Gasteiger partial charge on any atom is 0.437 e. The molecular weight excluding hydrogens is 257 g/mol. The lowest BCUT2D eigenvalue weighted by Crippen LogP contribution is -2.11. The van der Waals surface area contributed by atoms with Gasteiger partial charge in [0.05, 0.1) is 0 Å². The smallest absolute Gasteiger partial charge is 0.355 e. The van der Waals surface area contributed by atoms with E-state index in [2.05, 4.69) is 5.16 Å². The molecule has 0 radical (unpaired) electrons. The molecule has 1 heterocycles. The summed E-state index contributed by atoms with van der Waals surface area (Å²) in [5, 5.41) is 3.13. The van der Waals surface area contributed by atoms with E-state index < -0.39 is 11.9 Å². The van der Waals surface area contributed by atoms with E-state index in [4.69, 9.17) is 10.3 Å². The Bertz CT molecular complexity index is 602. The third-order valence-corrected chi connectivity index (χ3v) is 2.90. The van der Waals surface area contributed by atoms with E-state index in [1.165, 1.54) is 0 Å². The summed E-state index contributed by atoms with van der Waals surface area (Å²) in [6, 6.07) is 5.46. The third-order valence-electron chi connectivity index (χ3n) is 2.90. The molecule has 2 N–H and O–H groups in total. The second kappa shape index (κ2) is 4.70. The zero-order valence-electron chi connectivity index (χ0n) is 10.5. The van der Waals surface area contributed by atoms with Crippen LogP contribution in [-0.2, 0) is 12.7 Å². The van der Waals surface area contributed by atoms with E-state index in [-0.39, 0.29) is 17.9 Å². The number of alkyl halides is 3. The van der Waals surface area contributed by atoms with Crippen LogP contribution in [0.25, 0.3) is 11.3 Å². The molecule has 0 amide bonds. The fourth-order valence-corrected chi connectivity index (χ4v) is 1.91. The van der Waals surface area contributed by atoms with Crippen molar-refractivity contribution in [3.63, 3.8) is 0 Å². The number of benzene rings is 1. The Labute approximate surface area is 108 Å². The van der Waals surface area contributed by atoms with Crippen LogP contribution in [0.2, 0.25) is 0 Å². The first kappa shape index (κ1) is 13.6. The van der Waals surface area contributed by atoms with Crippen LogP contribution < -0.4 is 5.73 Å². The van der Waals surface area contributed by atoms with Crippen LogP contribution >= 0.6 is 0 Å². The molecule has 0 fully saturated rings. The van der Waals surface area contributed by atoms with Crippen molar-refractivity contribution in [2.24, 2.45) is 5.73 Å². The molecule has 0 bridgehead atoms. The van der Waals surface area contributed by atoms with Gasteiger partial charge in [0.25, 0.3) is 0 Å². The molecule has 2 aromatic rings. The third kappa shape index (κ3) is 2.49. The second-order valence-electron chi connectivity index (χ2n) is 4.36. The van der Waals surface area contributed by atoms with Crippen LogP contribution in [0.15, 0.2) is 22.7 Å². The molecular formula is C13H13F3N2O. The Balaban J connectivity index is 2.64. The lowest BCUT2D eigenvalue weighted by molar-refractivity contribution is -0.143.